The second-order valence-electron chi connectivity index (χ2n) is 3.42. The van der Waals surface area contributed by atoms with E-state index >= 15 is 0 Å². The number of anilines is 1. The van der Waals surface area contributed by atoms with Crippen molar-refractivity contribution in [2.45, 2.75) is 6.54 Å². The monoisotopic (exact) mass is 325 g/mol. The average Bonchev–Trinajstić information content (AvgIpc) is 2.94. The van der Waals surface area contributed by atoms with Gasteiger partial charge in [0.15, 0.2) is 0 Å². The molecule has 0 aliphatic rings. The van der Waals surface area contributed by atoms with Gasteiger partial charge in [-0.25, -0.2) is 9.97 Å². The zero-order chi connectivity index (χ0) is 11.7. The third-order valence-corrected chi connectivity index (χ3v) is 4.77. The molecule has 0 aromatic carbocycles. The quantitative estimate of drug-likeness (QED) is 0.786. The van der Waals surface area contributed by atoms with Crippen LogP contribution < -0.4 is 5.32 Å². The van der Waals surface area contributed by atoms with Crippen LogP contribution in [-0.4, -0.2) is 9.97 Å². The molecule has 0 unspecified atom stereocenters. The Balaban J connectivity index is 1.83. The lowest BCUT2D eigenvalue weighted by atomic mass is 10.3. The number of hydrogen-bond donors (Lipinski definition) is 1. The molecule has 0 saturated carbocycles. The molecule has 0 bridgehead atoms. The Morgan fingerprint density at radius 1 is 1.24 bits per heavy atom. The first kappa shape index (κ1) is 11.1. The van der Waals surface area contributed by atoms with Gasteiger partial charge in [0.05, 0.1) is 15.7 Å². The number of thiophene rings is 2. The number of hydrogen-bond acceptors (Lipinski definition) is 5. The van der Waals surface area contributed by atoms with Crippen LogP contribution in [-0.2, 0) is 6.54 Å². The minimum absolute atomic E-state index is 0.790. The van der Waals surface area contributed by atoms with Gasteiger partial charge in [-0.1, -0.05) is 0 Å². The van der Waals surface area contributed by atoms with Gasteiger partial charge < -0.3 is 5.32 Å². The standard InChI is InChI=1S/C11H8BrN3S2/c12-9-2-1-7(17-9)5-13-10-8-3-4-16-11(8)15-6-14-10/h1-4,6H,5H2,(H,13,14,15). The topological polar surface area (TPSA) is 37.8 Å². The van der Waals surface area contributed by atoms with Crippen LogP contribution >= 0.6 is 38.6 Å². The number of aromatic nitrogens is 2. The summed E-state index contributed by atoms with van der Waals surface area (Å²) in [7, 11) is 0. The van der Waals surface area contributed by atoms with E-state index in [1.807, 2.05) is 11.4 Å². The van der Waals surface area contributed by atoms with Gasteiger partial charge in [0, 0.05) is 4.88 Å². The van der Waals surface area contributed by atoms with Crippen molar-refractivity contribution in [2.75, 3.05) is 5.32 Å². The normalized spacial score (nSPS) is 10.9. The lowest BCUT2D eigenvalue weighted by molar-refractivity contribution is 1.13. The number of rotatable bonds is 3. The molecule has 6 heteroatoms. The van der Waals surface area contributed by atoms with Gasteiger partial charge in [0.1, 0.15) is 17.0 Å². The molecule has 3 rings (SSSR count). The van der Waals surface area contributed by atoms with E-state index in [0.29, 0.717) is 0 Å². The minimum Gasteiger partial charge on any atom is -0.365 e. The van der Waals surface area contributed by atoms with Gasteiger partial charge in [-0.05, 0) is 39.5 Å². The van der Waals surface area contributed by atoms with Gasteiger partial charge in [0.2, 0.25) is 0 Å². The fourth-order valence-electron chi connectivity index (χ4n) is 1.55. The van der Waals surface area contributed by atoms with E-state index in [2.05, 4.69) is 43.3 Å². The second-order valence-corrected chi connectivity index (χ2v) is 6.86. The summed E-state index contributed by atoms with van der Waals surface area (Å²) in [6.45, 7) is 0.790. The van der Waals surface area contributed by atoms with Gasteiger partial charge in [-0.3, -0.25) is 0 Å². The molecule has 86 valence electrons. The van der Waals surface area contributed by atoms with E-state index in [9.17, 15) is 0 Å². The van der Waals surface area contributed by atoms with E-state index in [4.69, 9.17) is 0 Å². The molecule has 0 atom stereocenters. The van der Waals surface area contributed by atoms with Crippen LogP contribution in [0.15, 0.2) is 33.7 Å². The van der Waals surface area contributed by atoms with Crippen molar-refractivity contribution in [1.29, 1.82) is 0 Å². The summed E-state index contributed by atoms with van der Waals surface area (Å²) in [6.07, 6.45) is 1.60. The van der Waals surface area contributed by atoms with E-state index in [1.165, 1.54) is 4.88 Å². The summed E-state index contributed by atoms with van der Waals surface area (Å²) in [5, 5.41) is 6.47. The summed E-state index contributed by atoms with van der Waals surface area (Å²) in [6, 6.07) is 6.21. The largest absolute Gasteiger partial charge is 0.365 e. The van der Waals surface area contributed by atoms with Crippen LogP contribution in [0.2, 0.25) is 0 Å². The Labute approximate surface area is 115 Å². The first-order chi connectivity index (χ1) is 8.33. The first-order valence-electron chi connectivity index (χ1n) is 4.99. The molecular weight excluding hydrogens is 318 g/mol. The van der Waals surface area contributed by atoms with Crippen LogP contribution in [0.5, 0.6) is 0 Å². The predicted octanol–water partition coefficient (Wildman–Crippen LogP) is 4.13. The lowest BCUT2D eigenvalue weighted by Gasteiger charge is -2.04. The maximum absolute atomic E-state index is 4.28. The zero-order valence-corrected chi connectivity index (χ0v) is 11.9. The Bertz CT molecular complexity index is 647. The number of nitrogens with zero attached hydrogens (tertiary/aromatic N) is 2. The molecule has 0 fully saturated rings. The van der Waals surface area contributed by atoms with E-state index < -0.39 is 0 Å². The summed E-state index contributed by atoms with van der Waals surface area (Å²) in [5.41, 5.74) is 0. The fourth-order valence-corrected chi connectivity index (χ4v) is 3.70. The van der Waals surface area contributed by atoms with Crippen molar-refractivity contribution in [3.63, 3.8) is 0 Å². The van der Waals surface area contributed by atoms with Crippen molar-refractivity contribution in [2.24, 2.45) is 0 Å². The van der Waals surface area contributed by atoms with Gasteiger partial charge in [0.25, 0.3) is 0 Å². The highest BCUT2D eigenvalue weighted by molar-refractivity contribution is 9.11. The van der Waals surface area contributed by atoms with E-state index in [0.717, 1.165) is 26.4 Å². The first-order valence-corrected chi connectivity index (χ1v) is 7.48. The van der Waals surface area contributed by atoms with Crippen molar-refractivity contribution in [1.82, 2.24) is 9.97 Å². The molecular formula is C11H8BrN3S2. The van der Waals surface area contributed by atoms with Crippen molar-refractivity contribution in [3.8, 4) is 0 Å². The smallest absolute Gasteiger partial charge is 0.138 e. The zero-order valence-electron chi connectivity index (χ0n) is 8.68. The van der Waals surface area contributed by atoms with Crippen molar-refractivity contribution < 1.29 is 0 Å². The van der Waals surface area contributed by atoms with Crippen LogP contribution in [0.25, 0.3) is 10.2 Å². The highest BCUT2D eigenvalue weighted by Gasteiger charge is 2.04. The van der Waals surface area contributed by atoms with Crippen LogP contribution in [0, 0.1) is 0 Å². The minimum atomic E-state index is 0.790. The summed E-state index contributed by atoms with van der Waals surface area (Å²) < 4.78 is 1.15. The lowest BCUT2D eigenvalue weighted by Crippen LogP contribution is -2.00. The van der Waals surface area contributed by atoms with Gasteiger partial charge in [-0.15, -0.1) is 22.7 Å². The highest BCUT2D eigenvalue weighted by Crippen LogP contribution is 2.26. The molecule has 17 heavy (non-hydrogen) atoms. The average molecular weight is 326 g/mol. The number of halogens is 1. The Morgan fingerprint density at radius 3 is 3.00 bits per heavy atom. The molecule has 1 N–H and O–H groups in total. The molecule has 0 saturated heterocycles. The molecule has 3 nitrogen and oxygen atoms in total. The molecule has 3 aromatic rings. The summed E-state index contributed by atoms with van der Waals surface area (Å²) >= 11 is 6.82. The summed E-state index contributed by atoms with van der Waals surface area (Å²) in [5.74, 6) is 0.903. The van der Waals surface area contributed by atoms with Crippen molar-refractivity contribution in [3.05, 3.63) is 38.6 Å². The molecule has 3 aromatic heterocycles. The van der Waals surface area contributed by atoms with Gasteiger partial charge in [-0.2, -0.15) is 0 Å². The van der Waals surface area contributed by atoms with Crippen LogP contribution in [0.1, 0.15) is 4.88 Å². The van der Waals surface area contributed by atoms with Gasteiger partial charge >= 0.3 is 0 Å². The predicted molar refractivity (Wildman–Crippen MR) is 76.8 cm³/mol. The molecule has 0 aliphatic carbocycles. The maximum atomic E-state index is 4.28. The summed E-state index contributed by atoms with van der Waals surface area (Å²) in [4.78, 5) is 10.8. The Morgan fingerprint density at radius 2 is 2.18 bits per heavy atom. The maximum Gasteiger partial charge on any atom is 0.138 e. The van der Waals surface area contributed by atoms with Crippen LogP contribution in [0.4, 0.5) is 5.82 Å². The Hall–Kier alpha value is -0.980. The molecule has 0 aliphatic heterocycles. The molecule has 3 heterocycles. The second kappa shape index (κ2) is 4.72. The molecule has 0 spiro atoms. The highest BCUT2D eigenvalue weighted by atomic mass is 79.9. The van der Waals surface area contributed by atoms with E-state index in [1.54, 1.807) is 29.0 Å². The third-order valence-electron chi connectivity index (χ3n) is 2.32. The Kier molecular flexibility index (Phi) is 3.09. The number of nitrogens with one attached hydrogen (secondary N) is 1. The molecule has 0 radical (unpaired) electrons. The van der Waals surface area contributed by atoms with Crippen LogP contribution in [0.3, 0.4) is 0 Å². The third kappa shape index (κ3) is 2.34. The van der Waals surface area contributed by atoms with Crippen molar-refractivity contribution >= 4 is 54.6 Å². The van der Waals surface area contributed by atoms with E-state index in [-0.39, 0.29) is 0 Å². The fraction of sp³-hybridized carbons (Fsp3) is 0.0909. The number of fused-ring (bicyclic) bond motifs is 1. The molecule has 0 amide bonds. The SMILES string of the molecule is Brc1ccc(CNc2ncnc3sccc23)s1.